The van der Waals surface area contributed by atoms with E-state index in [1.807, 2.05) is 24.3 Å². The molecule has 1 aromatic carbocycles. The zero-order valence-electron chi connectivity index (χ0n) is 10.7. The van der Waals surface area contributed by atoms with Gasteiger partial charge in [-0.3, -0.25) is 0 Å². The standard InChI is InChI=1S/C14H18ClNO2S/c15-13-5-1-3-12(11-13)4-2-10-19(17,18)14-6-8-16-9-7-14/h1-5,11,14,16H,6-10H2. The smallest absolute Gasteiger partial charge is 0.156 e. The van der Waals surface area contributed by atoms with Crippen molar-refractivity contribution in [2.45, 2.75) is 18.1 Å². The Morgan fingerprint density at radius 2 is 2.05 bits per heavy atom. The minimum Gasteiger partial charge on any atom is -0.317 e. The molecule has 0 radical (unpaired) electrons. The van der Waals surface area contributed by atoms with Gasteiger partial charge in [0.1, 0.15) is 0 Å². The minimum atomic E-state index is -3.02. The Labute approximate surface area is 119 Å². The van der Waals surface area contributed by atoms with Crippen molar-refractivity contribution in [1.82, 2.24) is 5.32 Å². The molecule has 1 saturated heterocycles. The predicted molar refractivity (Wildman–Crippen MR) is 80.2 cm³/mol. The third kappa shape index (κ3) is 4.34. The summed E-state index contributed by atoms with van der Waals surface area (Å²) in [6, 6.07) is 7.36. The number of halogens is 1. The highest BCUT2D eigenvalue weighted by atomic mass is 35.5. The van der Waals surface area contributed by atoms with Crippen LogP contribution in [0.2, 0.25) is 5.02 Å². The Balaban J connectivity index is 1.97. The molecule has 0 aromatic heterocycles. The maximum Gasteiger partial charge on any atom is 0.156 e. The number of piperidine rings is 1. The van der Waals surface area contributed by atoms with Crippen LogP contribution in [0.15, 0.2) is 30.3 Å². The van der Waals surface area contributed by atoms with E-state index in [0.717, 1.165) is 18.7 Å². The lowest BCUT2D eigenvalue weighted by Gasteiger charge is -2.21. The molecular weight excluding hydrogens is 282 g/mol. The van der Waals surface area contributed by atoms with Crippen molar-refractivity contribution in [3.05, 3.63) is 40.9 Å². The summed E-state index contributed by atoms with van der Waals surface area (Å²) >= 11 is 5.88. The van der Waals surface area contributed by atoms with Crippen LogP contribution in [-0.2, 0) is 9.84 Å². The van der Waals surface area contributed by atoms with E-state index in [1.165, 1.54) is 0 Å². The second-order valence-corrected chi connectivity index (χ2v) is 7.50. The molecule has 104 valence electrons. The first-order valence-corrected chi connectivity index (χ1v) is 8.52. The van der Waals surface area contributed by atoms with Gasteiger partial charge >= 0.3 is 0 Å². The Kier molecular flexibility index (Phi) is 5.02. The van der Waals surface area contributed by atoms with E-state index in [4.69, 9.17) is 11.6 Å². The highest BCUT2D eigenvalue weighted by molar-refractivity contribution is 7.92. The van der Waals surface area contributed by atoms with Crippen LogP contribution in [0.4, 0.5) is 0 Å². The summed E-state index contributed by atoms with van der Waals surface area (Å²) < 4.78 is 24.3. The summed E-state index contributed by atoms with van der Waals surface area (Å²) in [6.45, 7) is 1.59. The Morgan fingerprint density at radius 1 is 1.32 bits per heavy atom. The average molecular weight is 300 g/mol. The van der Waals surface area contributed by atoms with E-state index < -0.39 is 9.84 Å². The summed E-state index contributed by atoms with van der Waals surface area (Å²) in [7, 11) is -3.02. The molecule has 0 amide bonds. The number of nitrogens with one attached hydrogen (secondary N) is 1. The first kappa shape index (κ1) is 14.6. The van der Waals surface area contributed by atoms with Gasteiger partial charge < -0.3 is 5.32 Å². The summed E-state index contributed by atoms with van der Waals surface area (Å²) in [5.74, 6) is 0.101. The van der Waals surface area contributed by atoms with E-state index >= 15 is 0 Å². The lowest BCUT2D eigenvalue weighted by atomic mass is 10.2. The summed E-state index contributed by atoms with van der Waals surface area (Å²) in [4.78, 5) is 0. The van der Waals surface area contributed by atoms with E-state index in [9.17, 15) is 8.42 Å². The lowest BCUT2D eigenvalue weighted by molar-refractivity contribution is 0.498. The molecule has 3 nitrogen and oxygen atoms in total. The molecule has 1 aromatic rings. The third-order valence-corrected chi connectivity index (χ3v) is 5.66. The number of hydrogen-bond donors (Lipinski definition) is 1. The second-order valence-electron chi connectivity index (χ2n) is 4.74. The molecule has 0 unspecified atom stereocenters. The molecule has 0 spiro atoms. The predicted octanol–water partition coefficient (Wildman–Crippen LogP) is 2.52. The van der Waals surface area contributed by atoms with Crippen LogP contribution in [0.25, 0.3) is 6.08 Å². The van der Waals surface area contributed by atoms with Crippen LogP contribution < -0.4 is 5.32 Å². The van der Waals surface area contributed by atoms with Crippen LogP contribution in [0, 0.1) is 0 Å². The Bertz CT molecular complexity index is 548. The van der Waals surface area contributed by atoms with Crippen molar-refractivity contribution in [2.24, 2.45) is 0 Å². The first-order valence-electron chi connectivity index (χ1n) is 6.42. The third-order valence-electron chi connectivity index (χ3n) is 3.28. The molecule has 2 rings (SSSR count). The van der Waals surface area contributed by atoms with Crippen LogP contribution in [-0.4, -0.2) is 32.5 Å². The topological polar surface area (TPSA) is 46.2 Å². The average Bonchev–Trinajstić information content (AvgIpc) is 2.40. The van der Waals surface area contributed by atoms with Gasteiger partial charge in [-0.05, 0) is 43.6 Å². The highest BCUT2D eigenvalue weighted by Gasteiger charge is 2.25. The Morgan fingerprint density at radius 3 is 2.74 bits per heavy atom. The van der Waals surface area contributed by atoms with E-state index in [2.05, 4.69) is 5.32 Å². The van der Waals surface area contributed by atoms with Gasteiger partial charge in [0.2, 0.25) is 0 Å². The van der Waals surface area contributed by atoms with E-state index in [-0.39, 0.29) is 11.0 Å². The zero-order chi connectivity index (χ0) is 13.7. The van der Waals surface area contributed by atoms with Crippen LogP contribution >= 0.6 is 11.6 Å². The van der Waals surface area contributed by atoms with Gasteiger partial charge in [-0.1, -0.05) is 35.9 Å². The summed E-state index contributed by atoms with van der Waals surface area (Å²) in [5.41, 5.74) is 0.924. The van der Waals surface area contributed by atoms with Crippen molar-refractivity contribution in [2.75, 3.05) is 18.8 Å². The maximum absolute atomic E-state index is 12.1. The molecule has 1 fully saturated rings. The first-order chi connectivity index (χ1) is 9.08. The molecule has 5 heteroatoms. The fraction of sp³-hybridized carbons (Fsp3) is 0.429. The lowest BCUT2D eigenvalue weighted by Crippen LogP contribution is -2.36. The molecule has 1 aliphatic heterocycles. The minimum absolute atomic E-state index is 0.101. The number of sulfone groups is 1. The quantitative estimate of drug-likeness (QED) is 0.929. The van der Waals surface area contributed by atoms with E-state index in [1.54, 1.807) is 12.1 Å². The highest BCUT2D eigenvalue weighted by Crippen LogP contribution is 2.16. The summed E-state index contributed by atoms with van der Waals surface area (Å²) in [5, 5.41) is 3.64. The fourth-order valence-corrected chi connectivity index (χ4v) is 4.01. The van der Waals surface area contributed by atoms with Gasteiger partial charge in [0.05, 0.1) is 11.0 Å². The summed E-state index contributed by atoms with van der Waals surface area (Å²) in [6.07, 6.45) is 4.95. The molecule has 1 heterocycles. The van der Waals surface area contributed by atoms with Gasteiger partial charge in [0.15, 0.2) is 9.84 Å². The molecular formula is C14H18ClNO2S. The number of hydrogen-bond acceptors (Lipinski definition) is 3. The van der Waals surface area contributed by atoms with Crippen molar-refractivity contribution < 1.29 is 8.42 Å². The fourth-order valence-electron chi connectivity index (χ4n) is 2.22. The number of rotatable bonds is 4. The molecule has 0 atom stereocenters. The SMILES string of the molecule is O=S(=O)(CC=Cc1cccc(Cl)c1)C1CCNCC1. The van der Waals surface area contributed by atoms with Crippen molar-refractivity contribution in [1.29, 1.82) is 0 Å². The monoisotopic (exact) mass is 299 g/mol. The maximum atomic E-state index is 12.1. The van der Waals surface area contributed by atoms with Gasteiger partial charge in [-0.25, -0.2) is 8.42 Å². The van der Waals surface area contributed by atoms with Gasteiger partial charge in [-0.15, -0.1) is 0 Å². The van der Waals surface area contributed by atoms with E-state index in [0.29, 0.717) is 17.9 Å². The van der Waals surface area contributed by atoms with Gasteiger partial charge in [-0.2, -0.15) is 0 Å². The largest absolute Gasteiger partial charge is 0.317 e. The van der Waals surface area contributed by atoms with Crippen molar-refractivity contribution in [3.63, 3.8) is 0 Å². The molecule has 1 N–H and O–H groups in total. The molecule has 0 bridgehead atoms. The normalized spacial score (nSPS) is 17.9. The van der Waals surface area contributed by atoms with Crippen LogP contribution in [0.1, 0.15) is 18.4 Å². The van der Waals surface area contributed by atoms with Crippen molar-refractivity contribution >= 4 is 27.5 Å². The molecule has 19 heavy (non-hydrogen) atoms. The second kappa shape index (κ2) is 6.55. The number of benzene rings is 1. The molecule has 1 aliphatic rings. The van der Waals surface area contributed by atoms with Crippen LogP contribution in [0.3, 0.4) is 0 Å². The Hall–Kier alpha value is -0.840. The zero-order valence-corrected chi connectivity index (χ0v) is 12.3. The van der Waals surface area contributed by atoms with Crippen LogP contribution in [0.5, 0.6) is 0 Å². The molecule has 0 saturated carbocycles. The van der Waals surface area contributed by atoms with Crippen molar-refractivity contribution in [3.8, 4) is 0 Å². The molecule has 0 aliphatic carbocycles. The van der Waals surface area contributed by atoms with Gasteiger partial charge in [0.25, 0.3) is 0 Å². The van der Waals surface area contributed by atoms with Gasteiger partial charge in [0, 0.05) is 5.02 Å².